The average molecular weight is 342 g/mol. The van der Waals surface area contributed by atoms with Gasteiger partial charge >= 0.3 is 5.97 Å². The number of rotatable bonds is 6. The summed E-state index contributed by atoms with van der Waals surface area (Å²) in [6.45, 7) is 2.01. The Labute approximate surface area is 144 Å². The Kier molecular flexibility index (Phi) is 4.88. The molecule has 3 rings (SSSR count). The number of aromatic amines is 1. The third-order valence-corrected chi connectivity index (χ3v) is 3.91. The number of benzene rings is 2. The first-order valence-corrected chi connectivity index (χ1v) is 7.96. The topological polar surface area (TPSA) is 63.4 Å². The minimum Gasteiger partial charge on any atom is -0.497 e. The van der Waals surface area contributed by atoms with Crippen LogP contribution in [0.2, 0.25) is 0 Å². The Morgan fingerprint density at radius 3 is 2.68 bits per heavy atom. The first-order chi connectivity index (χ1) is 12.1. The van der Waals surface area contributed by atoms with E-state index >= 15 is 0 Å². The van der Waals surface area contributed by atoms with Gasteiger partial charge in [0.15, 0.2) is 6.04 Å². The number of halogens is 1. The maximum absolute atomic E-state index is 13.7. The lowest BCUT2D eigenvalue weighted by Crippen LogP contribution is -2.23. The highest BCUT2D eigenvalue weighted by Gasteiger charge is 2.25. The van der Waals surface area contributed by atoms with Crippen molar-refractivity contribution in [2.75, 3.05) is 19.0 Å². The molecule has 25 heavy (non-hydrogen) atoms. The zero-order chi connectivity index (χ0) is 17.8. The number of methoxy groups -OCH3 is 1. The van der Waals surface area contributed by atoms with E-state index in [1.807, 2.05) is 0 Å². The number of aromatic nitrogens is 1. The second-order valence-corrected chi connectivity index (χ2v) is 5.49. The number of nitrogens with one attached hydrogen (secondary N) is 2. The zero-order valence-electron chi connectivity index (χ0n) is 14.0. The van der Waals surface area contributed by atoms with Crippen molar-refractivity contribution in [1.82, 2.24) is 4.98 Å². The molecule has 5 nitrogen and oxygen atoms in total. The molecule has 0 spiro atoms. The molecule has 3 aromatic rings. The molecule has 2 aromatic carbocycles. The summed E-state index contributed by atoms with van der Waals surface area (Å²) >= 11 is 0. The summed E-state index contributed by atoms with van der Waals surface area (Å²) in [5.74, 6) is -0.0729. The first-order valence-electron chi connectivity index (χ1n) is 7.96. The Bertz CT molecular complexity index is 874. The Morgan fingerprint density at radius 1 is 1.24 bits per heavy atom. The van der Waals surface area contributed by atoms with Gasteiger partial charge in [0.05, 0.1) is 13.7 Å². The Morgan fingerprint density at radius 2 is 2.00 bits per heavy atom. The van der Waals surface area contributed by atoms with E-state index in [1.165, 1.54) is 12.1 Å². The largest absolute Gasteiger partial charge is 0.497 e. The van der Waals surface area contributed by atoms with E-state index in [2.05, 4.69) is 10.3 Å². The highest BCUT2D eigenvalue weighted by molar-refractivity contribution is 5.91. The van der Waals surface area contributed by atoms with Crippen LogP contribution in [0, 0.1) is 5.82 Å². The molecule has 130 valence electrons. The van der Waals surface area contributed by atoms with Crippen molar-refractivity contribution in [2.45, 2.75) is 13.0 Å². The van der Waals surface area contributed by atoms with Crippen LogP contribution in [0.25, 0.3) is 10.9 Å². The van der Waals surface area contributed by atoms with Gasteiger partial charge in [-0.15, -0.1) is 0 Å². The standard InChI is InChI=1S/C19H19FN2O3/c1-3-25-19(23)18(22-13-5-7-14(24-2)8-6-13)16-11-21-17-9-4-12(20)10-15(16)17/h4-11,18,21-22H,3H2,1-2H3. The third kappa shape index (κ3) is 3.57. The Balaban J connectivity index is 1.98. The lowest BCUT2D eigenvalue weighted by Gasteiger charge is -2.18. The number of H-pyrrole nitrogens is 1. The number of esters is 1. The normalized spacial score (nSPS) is 12.0. The molecule has 0 fully saturated rings. The van der Waals surface area contributed by atoms with Crippen LogP contribution in [-0.2, 0) is 9.53 Å². The van der Waals surface area contributed by atoms with Crippen LogP contribution in [0.1, 0.15) is 18.5 Å². The van der Waals surface area contributed by atoms with E-state index in [9.17, 15) is 9.18 Å². The molecule has 1 unspecified atom stereocenters. The first kappa shape index (κ1) is 16.8. The molecule has 0 saturated heterocycles. The lowest BCUT2D eigenvalue weighted by molar-refractivity contribution is -0.144. The number of hydrogen-bond acceptors (Lipinski definition) is 4. The summed E-state index contributed by atoms with van der Waals surface area (Å²) in [6, 6.07) is 10.9. The number of anilines is 1. The van der Waals surface area contributed by atoms with Crippen molar-refractivity contribution in [3.63, 3.8) is 0 Å². The van der Waals surface area contributed by atoms with Crippen LogP contribution in [0.4, 0.5) is 10.1 Å². The number of ether oxygens (including phenoxy) is 2. The third-order valence-electron chi connectivity index (χ3n) is 3.91. The number of fused-ring (bicyclic) bond motifs is 1. The Hall–Kier alpha value is -3.02. The molecule has 1 atom stereocenters. The molecular formula is C19H19FN2O3. The van der Waals surface area contributed by atoms with Crippen molar-refractivity contribution in [2.24, 2.45) is 0 Å². The monoisotopic (exact) mass is 342 g/mol. The van der Waals surface area contributed by atoms with Gasteiger partial charge in [0.25, 0.3) is 0 Å². The van der Waals surface area contributed by atoms with Gasteiger partial charge < -0.3 is 19.8 Å². The molecule has 0 aliphatic heterocycles. The molecule has 0 saturated carbocycles. The van der Waals surface area contributed by atoms with Crippen molar-refractivity contribution in [3.8, 4) is 5.75 Å². The van der Waals surface area contributed by atoms with Gasteiger partial charge in [-0.25, -0.2) is 9.18 Å². The predicted molar refractivity (Wildman–Crippen MR) is 94.2 cm³/mol. The van der Waals surface area contributed by atoms with Crippen molar-refractivity contribution < 1.29 is 18.7 Å². The number of hydrogen-bond donors (Lipinski definition) is 2. The summed E-state index contributed by atoms with van der Waals surface area (Å²) in [6.07, 6.45) is 1.70. The van der Waals surface area contributed by atoms with Gasteiger partial charge in [0.2, 0.25) is 0 Å². The summed E-state index contributed by atoms with van der Waals surface area (Å²) < 4.78 is 24.0. The van der Waals surface area contributed by atoms with Gasteiger partial charge in [0.1, 0.15) is 11.6 Å². The SMILES string of the molecule is CCOC(=O)C(Nc1ccc(OC)cc1)c1c[nH]c2ccc(F)cc12. The average Bonchev–Trinajstić information content (AvgIpc) is 3.03. The highest BCUT2D eigenvalue weighted by Crippen LogP contribution is 2.29. The molecule has 0 aliphatic carbocycles. The van der Waals surface area contributed by atoms with Crippen LogP contribution in [0.3, 0.4) is 0 Å². The van der Waals surface area contributed by atoms with E-state index < -0.39 is 12.0 Å². The van der Waals surface area contributed by atoms with Crippen LogP contribution in [0.5, 0.6) is 5.75 Å². The second kappa shape index (κ2) is 7.25. The van der Waals surface area contributed by atoms with Gasteiger partial charge in [-0.3, -0.25) is 0 Å². The van der Waals surface area contributed by atoms with E-state index in [0.29, 0.717) is 16.7 Å². The molecule has 0 bridgehead atoms. The number of carbonyl (C=O) groups is 1. The van der Waals surface area contributed by atoms with Crippen LogP contribution in [-0.4, -0.2) is 24.7 Å². The zero-order valence-corrected chi connectivity index (χ0v) is 14.0. The van der Waals surface area contributed by atoms with Crippen LogP contribution in [0.15, 0.2) is 48.7 Å². The molecule has 0 radical (unpaired) electrons. The minimum atomic E-state index is -0.760. The van der Waals surface area contributed by atoms with Crippen molar-refractivity contribution in [3.05, 3.63) is 60.0 Å². The minimum absolute atomic E-state index is 0.260. The maximum atomic E-state index is 13.7. The molecule has 2 N–H and O–H groups in total. The summed E-state index contributed by atoms with van der Waals surface area (Å²) in [4.78, 5) is 15.5. The van der Waals surface area contributed by atoms with Crippen LogP contribution >= 0.6 is 0 Å². The van der Waals surface area contributed by atoms with Gasteiger partial charge in [-0.1, -0.05) is 0 Å². The maximum Gasteiger partial charge on any atom is 0.333 e. The van der Waals surface area contributed by atoms with E-state index in [4.69, 9.17) is 9.47 Å². The summed E-state index contributed by atoms with van der Waals surface area (Å²) in [5, 5.41) is 3.79. The lowest BCUT2D eigenvalue weighted by atomic mass is 10.1. The molecule has 0 amide bonds. The van der Waals surface area contributed by atoms with Crippen molar-refractivity contribution in [1.29, 1.82) is 0 Å². The molecule has 6 heteroatoms. The fourth-order valence-corrected chi connectivity index (χ4v) is 2.70. The fourth-order valence-electron chi connectivity index (χ4n) is 2.70. The molecular weight excluding hydrogens is 323 g/mol. The van der Waals surface area contributed by atoms with Crippen molar-refractivity contribution >= 4 is 22.6 Å². The van der Waals surface area contributed by atoms with Gasteiger partial charge in [-0.05, 0) is 49.4 Å². The van der Waals surface area contributed by atoms with E-state index in [0.717, 1.165) is 11.2 Å². The predicted octanol–water partition coefficient (Wildman–Crippen LogP) is 4.03. The van der Waals surface area contributed by atoms with Gasteiger partial charge in [0, 0.05) is 28.4 Å². The van der Waals surface area contributed by atoms with E-state index in [1.54, 1.807) is 50.6 Å². The summed E-state index contributed by atoms with van der Waals surface area (Å²) in [7, 11) is 1.59. The van der Waals surface area contributed by atoms with E-state index in [-0.39, 0.29) is 12.4 Å². The molecule has 1 aromatic heterocycles. The molecule has 1 heterocycles. The molecule has 0 aliphatic rings. The number of carbonyl (C=O) groups excluding carboxylic acids is 1. The summed E-state index contributed by atoms with van der Waals surface area (Å²) in [5.41, 5.74) is 2.11. The quantitative estimate of drug-likeness (QED) is 0.664. The highest BCUT2D eigenvalue weighted by atomic mass is 19.1. The smallest absolute Gasteiger partial charge is 0.333 e. The fraction of sp³-hybridized carbons (Fsp3) is 0.211. The van der Waals surface area contributed by atoms with Gasteiger partial charge in [-0.2, -0.15) is 0 Å². The second-order valence-electron chi connectivity index (χ2n) is 5.49. The van der Waals surface area contributed by atoms with Crippen LogP contribution < -0.4 is 10.1 Å².